The summed E-state index contributed by atoms with van der Waals surface area (Å²) in [7, 11) is 0. The van der Waals surface area contributed by atoms with Gasteiger partial charge in [0.25, 0.3) is 5.92 Å². The molecule has 2 aliphatic carbocycles. The van der Waals surface area contributed by atoms with E-state index in [1.807, 2.05) is 0 Å². The number of fused-ring (bicyclic) bond motifs is 1. The van der Waals surface area contributed by atoms with E-state index in [1.165, 1.54) is 0 Å². The molecule has 14 heavy (non-hydrogen) atoms. The fourth-order valence-corrected chi connectivity index (χ4v) is 3.02. The van der Waals surface area contributed by atoms with Crippen molar-refractivity contribution in [1.82, 2.24) is 5.32 Å². The second-order valence-electron chi connectivity index (χ2n) is 5.22. The van der Waals surface area contributed by atoms with Crippen LogP contribution in [0.5, 0.6) is 0 Å². The van der Waals surface area contributed by atoms with Crippen LogP contribution in [0.15, 0.2) is 0 Å². The molecule has 2 heterocycles. The van der Waals surface area contributed by atoms with Gasteiger partial charge >= 0.3 is 0 Å². The van der Waals surface area contributed by atoms with E-state index >= 15 is 0 Å². The van der Waals surface area contributed by atoms with Crippen molar-refractivity contribution in [3.8, 4) is 0 Å². The second-order valence-corrected chi connectivity index (χ2v) is 5.22. The fraction of sp³-hybridized carbons (Fsp3) is 1.00. The molecular weight excluding hydrogens is 188 g/mol. The molecule has 0 radical (unpaired) electrons. The van der Waals surface area contributed by atoms with Crippen LogP contribution in [0.3, 0.4) is 0 Å². The zero-order valence-electron chi connectivity index (χ0n) is 7.97. The SMILES string of the molecule is OC(CC1CC1(F)F)C12CC(CN1)C2. The Balaban J connectivity index is 1.59. The third kappa shape index (κ3) is 1.13. The molecule has 0 spiro atoms. The normalized spacial score (nSPS) is 49.9. The lowest BCUT2D eigenvalue weighted by Gasteiger charge is -2.41. The van der Waals surface area contributed by atoms with E-state index in [0.717, 1.165) is 19.4 Å². The molecule has 2 saturated heterocycles. The van der Waals surface area contributed by atoms with Crippen LogP contribution in [-0.2, 0) is 0 Å². The first-order chi connectivity index (χ1) is 6.52. The zero-order chi connectivity index (χ0) is 9.97. The summed E-state index contributed by atoms with van der Waals surface area (Å²) in [6.07, 6.45) is 1.63. The summed E-state index contributed by atoms with van der Waals surface area (Å²) in [6.45, 7) is 0.956. The Kier molecular flexibility index (Phi) is 1.60. The summed E-state index contributed by atoms with van der Waals surface area (Å²) < 4.78 is 25.3. The highest BCUT2D eigenvalue weighted by atomic mass is 19.3. The summed E-state index contributed by atoms with van der Waals surface area (Å²) in [6, 6.07) is 0. The van der Waals surface area contributed by atoms with Gasteiger partial charge in [-0.25, -0.2) is 8.78 Å². The van der Waals surface area contributed by atoms with Gasteiger partial charge < -0.3 is 10.4 Å². The molecule has 0 aromatic carbocycles. The topological polar surface area (TPSA) is 32.3 Å². The van der Waals surface area contributed by atoms with Crippen molar-refractivity contribution in [2.24, 2.45) is 11.8 Å². The van der Waals surface area contributed by atoms with Crippen LogP contribution in [0.2, 0.25) is 0 Å². The minimum Gasteiger partial charge on any atom is -0.391 e. The van der Waals surface area contributed by atoms with E-state index in [0.29, 0.717) is 5.92 Å². The van der Waals surface area contributed by atoms with Crippen LogP contribution < -0.4 is 5.32 Å². The Morgan fingerprint density at radius 3 is 2.43 bits per heavy atom. The number of hydrogen-bond acceptors (Lipinski definition) is 2. The standard InChI is InChI=1S/C10H15F2NO/c11-10(12)4-7(10)1-8(14)9-2-6(3-9)5-13-9/h6-8,13-14H,1-5H2. The van der Waals surface area contributed by atoms with Crippen molar-refractivity contribution < 1.29 is 13.9 Å². The van der Waals surface area contributed by atoms with E-state index in [1.54, 1.807) is 0 Å². The molecule has 2 atom stereocenters. The first-order valence-electron chi connectivity index (χ1n) is 5.33. The van der Waals surface area contributed by atoms with Crippen molar-refractivity contribution in [2.75, 3.05) is 6.54 Å². The lowest BCUT2D eigenvalue weighted by Crippen LogP contribution is -2.53. The summed E-state index contributed by atoms with van der Waals surface area (Å²) >= 11 is 0. The molecule has 0 aromatic rings. The van der Waals surface area contributed by atoms with Crippen LogP contribution in [-0.4, -0.2) is 29.2 Å². The van der Waals surface area contributed by atoms with Gasteiger partial charge in [0.1, 0.15) is 0 Å². The highest BCUT2D eigenvalue weighted by Crippen LogP contribution is 2.54. The predicted octanol–water partition coefficient (Wildman–Crippen LogP) is 1.14. The highest BCUT2D eigenvalue weighted by molar-refractivity contribution is 5.13. The smallest absolute Gasteiger partial charge is 0.251 e. The molecule has 2 unspecified atom stereocenters. The number of hydrogen-bond donors (Lipinski definition) is 2. The Bertz CT molecular complexity index is 257. The van der Waals surface area contributed by atoms with E-state index in [9.17, 15) is 13.9 Å². The summed E-state index contributed by atoms with van der Waals surface area (Å²) in [5.41, 5.74) is -0.191. The Hall–Kier alpha value is -0.220. The van der Waals surface area contributed by atoms with Gasteiger partial charge in [0.15, 0.2) is 0 Å². The third-order valence-corrected chi connectivity index (χ3v) is 4.15. The highest BCUT2D eigenvalue weighted by Gasteiger charge is 2.61. The summed E-state index contributed by atoms with van der Waals surface area (Å²) in [5.74, 6) is -2.36. The number of alkyl halides is 2. The summed E-state index contributed by atoms with van der Waals surface area (Å²) in [5, 5.41) is 13.2. The van der Waals surface area contributed by atoms with Crippen molar-refractivity contribution in [3.63, 3.8) is 0 Å². The van der Waals surface area contributed by atoms with Crippen molar-refractivity contribution >= 4 is 0 Å². The molecular formula is C10H15F2NO. The molecule has 2 bridgehead atoms. The molecule has 0 amide bonds. The van der Waals surface area contributed by atoms with Crippen LogP contribution in [0.25, 0.3) is 0 Å². The van der Waals surface area contributed by atoms with E-state index in [4.69, 9.17) is 0 Å². The monoisotopic (exact) mass is 203 g/mol. The Labute approximate surface area is 81.7 Å². The first kappa shape index (κ1) is 9.04. The quantitative estimate of drug-likeness (QED) is 0.721. The fourth-order valence-electron chi connectivity index (χ4n) is 3.02. The zero-order valence-corrected chi connectivity index (χ0v) is 7.97. The maximum Gasteiger partial charge on any atom is 0.251 e. The van der Waals surface area contributed by atoms with Gasteiger partial charge in [0, 0.05) is 17.9 Å². The average molecular weight is 203 g/mol. The molecule has 2 N–H and O–H groups in total. The van der Waals surface area contributed by atoms with Crippen LogP contribution in [0.1, 0.15) is 25.7 Å². The number of halogens is 2. The minimum absolute atomic E-state index is 0.0242. The predicted molar refractivity (Wildman–Crippen MR) is 47.1 cm³/mol. The number of nitrogens with one attached hydrogen (secondary N) is 1. The number of rotatable bonds is 3. The van der Waals surface area contributed by atoms with E-state index in [2.05, 4.69) is 5.32 Å². The van der Waals surface area contributed by atoms with Gasteiger partial charge in [-0.05, 0) is 31.7 Å². The maximum atomic E-state index is 12.6. The van der Waals surface area contributed by atoms with E-state index in [-0.39, 0.29) is 18.4 Å². The van der Waals surface area contributed by atoms with Gasteiger partial charge in [-0.15, -0.1) is 0 Å². The molecule has 4 aliphatic rings. The molecule has 2 aliphatic heterocycles. The van der Waals surface area contributed by atoms with Crippen molar-refractivity contribution in [3.05, 3.63) is 0 Å². The number of aliphatic hydroxyl groups excluding tert-OH is 1. The van der Waals surface area contributed by atoms with Crippen LogP contribution in [0.4, 0.5) is 8.78 Å². The van der Waals surface area contributed by atoms with Gasteiger partial charge in [0.05, 0.1) is 6.10 Å². The van der Waals surface area contributed by atoms with Crippen LogP contribution in [0, 0.1) is 11.8 Å². The average Bonchev–Trinajstić information content (AvgIpc) is 2.54. The molecule has 4 heteroatoms. The Morgan fingerprint density at radius 1 is 1.36 bits per heavy atom. The lowest BCUT2D eigenvalue weighted by atomic mass is 9.69. The van der Waals surface area contributed by atoms with Gasteiger partial charge in [-0.2, -0.15) is 0 Å². The maximum absolute atomic E-state index is 12.6. The molecule has 0 aromatic heterocycles. The van der Waals surface area contributed by atoms with Gasteiger partial charge in [-0.3, -0.25) is 0 Å². The largest absolute Gasteiger partial charge is 0.391 e. The second kappa shape index (κ2) is 2.47. The molecule has 4 rings (SSSR count). The lowest BCUT2D eigenvalue weighted by molar-refractivity contribution is 0.00537. The van der Waals surface area contributed by atoms with Crippen molar-refractivity contribution in [1.29, 1.82) is 0 Å². The molecule has 80 valence electrons. The van der Waals surface area contributed by atoms with Gasteiger partial charge in [0.2, 0.25) is 0 Å². The molecule has 2 saturated carbocycles. The third-order valence-electron chi connectivity index (χ3n) is 4.15. The first-order valence-corrected chi connectivity index (χ1v) is 5.33. The van der Waals surface area contributed by atoms with Crippen molar-refractivity contribution in [2.45, 2.75) is 43.2 Å². The van der Waals surface area contributed by atoms with E-state index < -0.39 is 17.9 Å². The number of aliphatic hydroxyl groups is 1. The van der Waals surface area contributed by atoms with Gasteiger partial charge in [-0.1, -0.05) is 0 Å². The molecule has 4 fully saturated rings. The minimum atomic E-state index is -2.49. The Morgan fingerprint density at radius 2 is 2.00 bits per heavy atom. The summed E-state index contributed by atoms with van der Waals surface area (Å²) in [4.78, 5) is 0. The van der Waals surface area contributed by atoms with Crippen LogP contribution >= 0.6 is 0 Å². The molecule has 2 nitrogen and oxygen atoms in total.